The van der Waals surface area contributed by atoms with E-state index in [4.69, 9.17) is 5.11 Å². The zero-order chi connectivity index (χ0) is 10.7. The van der Waals surface area contributed by atoms with Crippen LogP contribution in [0, 0.1) is 5.82 Å². The summed E-state index contributed by atoms with van der Waals surface area (Å²) in [5.74, 6) is -1.05. The molecule has 0 aliphatic carbocycles. The highest BCUT2D eigenvalue weighted by molar-refractivity contribution is 9.08. The number of aliphatic hydroxyl groups is 1. The maximum Gasteiger partial charge on any atom is 0.267 e. The Morgan fingerprint density at radius 2 is 2.14 bits per heavy atom. The Hall–Kier alpha value is -0.620. The van der Waals surface area contributed by atoms with E-state index in [0.29, 0.717) is 6.20 Å². The number of nitrogens with zero attached hydrogens (tertiary/aromatic N) is 1. The molecule has 0 saturated heterocycles. The number of alkyl halides is 3. The molecule has 0 aliphatic heterocycles. The number of aromatic nitrogens is 1. The highest BCUT2D eigenvalue weighted by atomic mass is 79.9. The second-order valence-electron chi connectivity index (χ2n) is 2.54. The number of hydrogen-bond donors (Lipinski definition) is 1. The maximum absolute atomic E-state index is 13.0. The summed E-state index contributed by atoms with van der Waals surface area (Å²) in [7, 11) is 0. The molecule has 78 valence electrons. The van der Waals surface area contributed by atoms with Gasteiger partial charge < -0.3 is 5.11 Å². The quantitative estimate of drug-likeness (QED) is 0.856. The van der Waals surface area contributed by atoms with E-state index < -0.39 is 24.4 Å². The molecule has 0 atom stereocenters. The lowest BCUT2D eigenvalue weighted by molar-refractivity contribution is 0.144. The zero-order valence-corrected chi connectivity index (χ0v) is 8.56. The van der Waals surface area contributed by atoms with Gasteiger partial charge in [-0.15, -0.1) is 0 Å². The summed E-state index contributed by atoms with van der Waals surface area (Å²) in [6.07, 6.45) is -2.21. The van der Waals surface area contributed by atoms with Gasteiger partial charge in [0.1, 0.15) is 0 Å². The average molecular weight is 270 g/mol. The van der Waals surface area contributed by atoms with Gasteiger partial charge in [0, 0.05) is 5.33 Å². The van der Waals surface area contributed by atoms with E-state index in [9.17, 15) is 13.2 Å². The SMILES string of the molecule is OCc1ncc(F)c(C(F)F)c1CBr. The molecule has 0 amide bonds. The highest BCUT2D eigenvalue weighted by Crippen LogP contribution is 2.28. The van der Waals surface area contributed by atoms with Crippen LogP contribution in [0.5, 0.6) is 0 Å². The summed E-state index contributed by atoms with van der Waals surface area (Å²) < 4.78 is 37.8. The van der Waals surface area contributed by atoms with Crippen molar-refractivity contribution in [1.29, 1.82) is 0 Å². The van der Waals surface area contributed by atoms with Gasteiger partial charge in [0.25, 0.3) is 6.43 Å². The Morgan fingerprint density at radius 3 is 2.57 bits per heavy atom. The highest BCUT2D eigenvalue weighted by Gasteiger charge is 2.21. The Morgan fingerprint density at radius 1 is 1.50 bits per heavy atom. The van der Waals surface area contributed by atoms with Crippen molar-refractivity contribution in [3.8, 4) is 0 Å². The van der Waals surface area contributed by atoms with Crippen molar-refractivity contribution in [2.24, 2.45) is 0 Å². The van der Waals surface area contributed by atoms with Gasteiger partial charge in [-0.1, -0.05) is 15.9 Å². The van der Waals surface area contributed by atoms with Gasteiger partial charge in [0.05, 0.1) is 24.1 Å². The predicted octanol–water partition coefficient (Wildman–Crippen LogP) is 2.55. The molecule has 1 heterocycles. The smallest absolute Gasteiger partial charge is 0.267 e. The first-order chi connectivity index (χ1) is 6.61. The van der Waals surface area contributed by atoms with Crippen LogP contribution < -0.4 is 0 Å². The third kappa shape index (κ3) is 2.06. The second kappa shape index (κ2) is 4.75. The predicted molar refractivity (Wildman–Crippen MR) is 47.7 cm³/mol. The third-order valence-corrected chi connectivity index (χ3v) is 2.33. The first-order valence-corrected chi connectivity index (χ1v) is 4.85. The van der Waals surface area contributed by atoms with Crippen LogP contribution in [0.25, 0.3) is 0 Å². The number of aliphatic hydroxyl groups excluding tert-OH is 1. The lowest BCUT2D eigenvalue weighted by atomic mass is 10.1. The summed E-state index contributed by atoms with van der Waals surface area (Å²) in [5, 5.41) is 8.83. The van der Waals surface area contributed by atoms with Gasteiger partial charge in [-0.25, -0.2) is 13.2 Å². The van der Waals surface area contributed by atoms with Gasteiger partial charge in [-0.3, -0.25) is 4.98 Å². The molecule has 0 unspecified atom stereocenters. The van der Waals surface area contributed by atoms with E-state index in [1.54, 1.807) is 0 Å². The Balaban J connectivity index is 3.35. The van der Waals surface area contributed by atoms with Crippen LogP contribution in [-0.4, -0.2) is 10.1 Å². The monoisotopic (exact) mass is 269 g/mol. The van der Waals surface area contributed by atoms with E-state index in [2.05, 4.69) is 20.9 Å². The first-order valence-electron chi connectivity index (χ1n) is 3.73. The summed E-state index contributed by atoms with van der Waals surface area (Å²) >= 11 is 2.95. The molecule has 1 N–H and O–H groups in total. The molecule has 0 aliphatic rings. The summed E-state index contributed by atoms with van der Waals surface area (Å²) in [6.45, 7) is -0.485. The van der Waals surface area contributed by atoms with Crippen LogP contribution >= 0.6 is 15.9 Å². The van der Waals surface area contributed by atoms with Crippen LogP contribution in [0.1, 0.15) is 23.2 Å². The van der Waals surface area contributed by atoms with Crippen LogP contribution in [0.15, 0.2) is 6.20 Å². The lowest BCUT2D eigenvalue weighted by Crippen LogP contribution is -2.05. The Bertz CT molecular complexity index is 333. The van der Waals surface area contributed by atoms with Gasteiger partial charge >= 0.3 is 0 Å². The Labute approximate surface area is 86.9 Å². The van der Waals surface area contributed by atoms with Crippen molar-refractivity contribution >= 4 is 15.9 Å². The lowest BCUT2D eigenvalue weighted by Gasteiger charge is -2.10. The minimum absolute atomic E-state index is 0.0162. The van der Waals surface area contributed by atoms with Crippen molar-refractivity contribution in [1.82, 2.24) is 4.98 Å². The van der Waals surface area contributed by atoms with Gasteiger partial charge in [-0.2, -0.15) is 0 Å². The molecular formula is C8H7BrF3NO. The standard InChI is InChI=1S/C8H7BrF3NO/c9-1-4-6(3-14)13-2-5(10)7(4)8(11)12/h2,8,14H,1,3H2. The normalized spacial score (nSPS) is 11.0. The first kappa shape index (κ1) is 11.5. The van der Waals surface area contributed by atoms with Crippen molar-refractivity contribution < 1.29 is 18.3 Å². The molecule has 1 aromatic rings. The largest absolute Gasteiger partial charge is 0.390 e. The molecule has 6 heteroatoms. The van der Waals surface area contributed by atoms with Crippen LogP contribution in [0.4, 0.5) is 13.2 Å². The fourth-order valence-corrected chi connectivity index (χ4v) is 1.73. The van der Waals surface area contributed by atoms with Gasteiger partial charge in [0.15, 0.2) is 5.82 Å². The molecule has 0 fully saturated rings. The minimum atomic E-state index is -2.91. The van der Waals surface area contributed by atoms with E-state index in [1.165, 1.54) is 0 Å². The number of rotatable bonds is 3. The fourth-order valence-electron chi connectivity index (χ4n) is 1.10. The van der Waals surface area contributed by atoms with Crippen LogP contribution in [-0.2, 0) is 11.9 Å². The summed E-state index contributed by atoms with van der Waals surface area (Å²) in [6, 6.07) is 0. The third-order valence-electron chi connectivity index (χ3n) is 1.77. The molecule has 2 nitrogen and oxygen atoms in total. The van der Waals surface area contributed by atoms with Gasteiger partial charge in [-0.05, 0) is 5.56 Å². The van der Waals surface area contributed by atoms with E-state index >= 15 is 0 Å². The van der Waals surface area contributed by atoms with Crippen LogP contribution in [0.3, 0.4) is 0 Å². The molecule has 1 aromatic heterocycles. The van der Waals surface area contributed by atoms with E-state index in [0.717, 1.165) is 0 Å². The zero-order valence-electron chi connectivity index (χ0n) is 6.98. The minimum Gasteiger partial charge on any atom is -0.390 e. The maximum atomic E-state index is 13.0. The van der Waals surface area contributed by atoms with Crippen molar-refractivity contribution in [2.45, 2.75) is 18.4 Å². The molecule has 1 rings (SSSR count). The van der Waals surface area contributed by atoms with Crippen LogP contribution in [0.2, 0.25) is 0 Å². The molecule has 0 spiro atoms. The number of halogens is 4. The molecular weight excluding hydrogens is 263 g/mol. The van der Waals surface area contributed by atoms with Gasteiger partial charge in [0.2, 0.25) is 0 Å². The number of pyridine rings is 1. The molecule has 0 bridgehead atoms. The second-order valence-corrected chi connectivity index (χ2v) is 3.10. The summed E-state index contributed by atoms with van der Waals surface area (Å²) in [4.78, 5) is 3.52. The molecule has 0 radical (unpaired) electrons. The van der Waals surface area contributed by atoms with Crippen molar-refractivity contribution in [3.05, 3.63) is 28.8 Å². The fraction of sp³-hybridized carbons (Fsp3) is 0.375. The molecule has 0 aromatic carbocycles. The topological polar surface area (TPSA) is 33.1 Å². The van der Waals surface area contributed by atoms with Crippen molar-refractivity contribution in [3.63, 3.8) is 0 Å². The summed E-state index contributed by atoms with van der Waals surface area (Å²) in [5.41, 5.74) is -0.609. The van der Waals surface area contributed by atoms with E-state index in [-0.39, 0.29) is 16.6 Å². The molecule has 0 saturated carbocycles. The molecule has 14 heavy (non-hydrogen) atoms. The average Bonchev–Trinajstić information content (AvgIpc) is 2.16. The van der Waals surface area contributed by atoms with Crippen molar-refractivity contribution in [2.75, 3.05) is 0 Å². The number of hydrogen-bond acceptors (Lipinski definition) is 2. The van der Waals surface area contributed by atoms with E-state index in [1.807, 2.05) is 0 Å². The Kier molecular flexibility index (Phi) is 3.88.